The summed E-state index contributed by atoms with van der Waals surface area (Å²) in [6.45, 7) is 4.42. The molecule has 1 aliphatic rings. The predicted octanol–water partition coefficient (Wildman–Crippen LogP) is 0.635. The van der Waals surface area contributed by atoms with Crippen LogP contribution in [0, 0.1) is 0 Å². The van der Waals surface area contributed by atoms with Crippen molar-refractivity contribution in [3.63, 3.8) is 0 Å². The first-order valence-electron chi connectivity index (χ1n) is 6.52. The molecule has 1 fully saturated rings. The van der Waals surface area contributed by atoms with Crippen LogP contribution in [0.2, 0.25) is 0 Å². The summed E-state index contributed by atoms with van der Waals surface area (Å²) in [5.74, 6) is 2.23. The molecule has 1 saturated heterocycles. The molecule has 6 nitrogen and oxygen atoms in total. The van der Waals surface area contributed by atoms with Gasteiger partial charge in [-0.1, -0.05) is 6.92 Å². The Labute approximate surface area is 114 Å². The monoisotopic (exact) mass is 284 g/mol. The summed E-state index contributed by atoms with van der Waals surface area (Å²) in [4.78, 5) is 10.7. The maximum atomic E-state index is 11.6. The maximum Gasteiger partial charge on any atom is 0.154 e. The molecular weight excluding hydrogens is 264 g/mol. The summed E-state index contributed by atoms with van der Waals surface area (Å²) in [6, 6.07) is 1.63. The number of nitrogens with zero attached hydrogens (tertiary/aromatic N) is 3. The van der Waals surface area contributed by atoms with Gasteiger partial charge in [0.15, 0.2) is 9.84 Å². The number of nitrogen functional groups attached to an aromatic ring is 1. The lowest BCUT2D eigenvalue weighted by Gasteiger charge is -2.34. The van der Waals surface area contributed by atoms with Crippen LogP contribution in [0.5, 0.6) is 0 Å². The van der Waals surface area contributed by atoms with Crippen LogP contribution in [0.3, 0.4) is 0 Å². The number of hydrogen-bond donors (Lipinski definition) is 1. The minimum atomic E-state index is -2.92. The molecule has 0 aliphatic carbocycles. The third kappa shape index (κ3) is 3.34. The van der Waals surface area contributed by atoms with Gasteiger partial charge >= 0.3 is 0 Å². The Morgan fingerprint density at radius 1 is 1.47 bits per heavy atom. The molecular formula is C12H20N4O2S. The average molecular weight is 284 g/mol. The molecule has 2 N–H and O–H groups in total. The van der Waals surface area contributed by atoms with Crippen molar-refractivity contribution in [1.29, 1.82) is 0 Å². The number of nitrogens with two attached hydrogens (primary N) is 1. The van der Waals surface area contributed by atoms with Crippen LogP contribution in [0.1, 0.15) is 26.1 Å². The molecule has 1 aliphatic heterocycles. The third-order valence-corrected chi connectivity index (χ3v) is 5.01. The normalized spacial score (nSPS) is 22.4. The second-order valence-electron chi connectivity index (χ2n) is 4.97. The lowest BCUT2D eigenvalue weighted by Crippen LogP contribution is -2.47. The van der Waals surface area contributed by atoms with E-state index in [1.54, 1.807) is 6.07 Å². The Bertz CT molecular complexity index is 559. The highest BCUT2D eigenvalue weighted by Gasteiger charge is 2.29. The molecule has 106 valence electrons. The van der Waals surface area contributed by atoms with Gasteiger partial charge in [0.2, 0.25) is 0 Å². The first-order valence-corrected chi connectivity index (χ1v) is 8.34. The molecule has 1 atom stereocenters. The first kappa shape index (κ1) is 14.0. The van der Waals surface area contributed by atoms with Crippen molar-refractivity contribution in [1.82, 2.24) is 9.97 Å². The fourth-order valence-corrected chi connectivity index (χ4v) is 3.88. The average Bonchev–Trinajstić information content (AvgIpc) is 2.27. The van der Waals surface area contributed by atoms with Crippen LogP contribution in [-0.4, -0.2) is 42.5 Å². The van der Waals surface area contributed by atoms with Crippen molar-refractivity contribution in [3.8, 4) is 0 Å². The van der Waals surface area contributed by atoms with Gasteiger partial charge < -0.3 is 10.6 Å². The van der Waals surface area contributed by atoms with Crippen molar-refractivity contribution in [2.24, 2.45) is 0 Å². The molecule has 0 saturated carbocycles. The number of sulfone groups is 1. The van der Waals surface area contributed by atoms with Crippen LogP contribution in [0.4, 0.5) is 11.6 Å². The minimum Gasteiger partial charge on any atom is -0.384 e. The van der Waals surface area contributed by atoms with E-state index in [-0.39, 0.29) is 17.5 Å². The number of rotatable bonds is 3. The molecule has 1 aromatic rings. The third-order valence-electron chi connectivity index (χ3n) is 3.22. The van der Waals surface area contributed by atoms with Crippen LogP contribution in [-0.2, 0) is 16.3 Å². The molecule has 2 heterocycles. The standard InChI is InChI=1S/C12H20N4O2S/c1-3-4-11-14-10(13)7-12(15-11)16-5-6-19(17,18)8-9(16)2/h7,9H,3-6,8H2,1-2H3,(H2,13,14,15). The molecule has 0 aromatic carbocycles. The summed E-state index contributed by atoms with van der Waals surface area (Å²) in [7, 11) is -2.92. The lowest BCUT2D eigenvalue weighted by molar-refractivity contribution is 0.566. The van der Waals surface area contributed by atoms with E-state index < -0.39 is 9.84 Å². The maximum absolute atomic E-state index is 11.6. The molecule has 1 unspecified atom stereocenters. The van der Waals surface area contributed by atoms with Crippen LogP contribution in [0.15, 0.2) is 6.07 Å². The quantitative estimate of drug-likeness (QED) is 0.876. The van der Waals surface area contributed by atoms with Gasteiger partial charge in [-0.05, 0) is 13.3 Å². The van der Waals surface area contributed by atoms with E-state index in [9.17, 15) is 8.42 Å². The summed E-state index contributed by atoms with van der Waals surface area (Å²) >= 11 is 0. The Morgan fingerprint density at radius 3 is 2.84 bits per heavy atom. The van der Waals surface area contributed by atoms with E-state index in [0.717, 1.165) is 24.5 Å². The summed E-state index contributed by atoms with van der Waals surface area (Å²) < 4.78 is 23.2. The number of aryl methyl sites for hydroxylation is 1. The highest BCUT2D eigenvalue weighted by molar-refractivity contribution is 7.91. The van der Waals surface area contributed by atoms with Gasteiger partial charge in [-0.25, -0.2) is 18.4 Å². The summed E-state index contributed by atoms with van der Waals surface area (Å²) in [5.41, 5.74) is 5.80. The van der Waals surface area contributed by atoms with Crippen molar-refractivity contribution >= 4 is 21.5 Å². The van der Waals surface area contributed by atoms with Gasteiger partial charge in [0.1, 0.15) is 17.5 Å². The van der Waals surface area contributed by atoms with Crippen LogP contribution in [0.25, 0.3) is 0 Å². The predicted molar refractivity (Wildman–Crippen MR) is 75.9 cm³/mol. The molecule has 0 spiro atoms. The lowest BCUT2D eigenvalue weighted by atomic mass is 10.3. The van der Waals surface area contributed by atoms with Gasteiger partial charge in [-0.3, -0.25) is 0 Å². The van der Waals surface area contributed by atoms with Gasteiger partial charge in [0.05, 0.1) is 11.5 Å². The van der Waals surface area contributed by atoms with Crippen molar-refractivity contribution in [3.05, 3.63) is 11.9 Å². The van der Waals surface area contributed by atoms with E-state index in [1.165, 1.54) is 0 Å². The van der Waals surface area contributed by atoms with Crippen LogP contribution >= 0.6 is 0 Å². The Morgan fingerprint density at radius 2 is 2.21 bits per heavy atom. The van der Waals surface area contributed by atoms with Crippen molar-refractivity contribution in [2.75, 3.05) is 28.7 Å². The number of anilines is 2. The fraction of sp³-hybridized carbons (Fsp3) is 0.667. The molecule has 7 heteroatoms. The van der Waals surface area contributed by atoms with E-state index in [1.807, 2.05) is 11.8 Å². The molecule has 1 aromatic heterocycles. The van der Waals surface area contributed by atoms with Gasteiger partial charge in [-0.2, -0.15) is 0 Å². The van der Waals surface area contributed by atoms with E-state index in [4.69, 9.17) is 5.73 Å². The van der Waals surface area contributed by atoms with Crippen molar-refractivity contribution in [2.45, 2.75) is 32.7 Å². The fourth-order valence-electron chi connectivity index (χ4n) is 2.32. The number of aromatic nitrogens is 2. The topological polar surface area (TPSA) is 89.2 Å². The first-order chi connectivity index (χ1) is 8.91. The molecule has 0 amide bonds. The highest BCUT2D eigenvalue weighted by Crippen LogP contribution is 2.21. The molecule has 0 bridgehead atoms. The van der Waals surface area contributed by atoms with Crippen molar-refractivity contribution < 1.29 is 8.42 Å². The Kier molecular flexibility index (Phi) is 3.93. The van der Waals surface area contributed by atoms with Gasteiger partial charge in [0.25, 0.3) is 0 Å². The highest BCUT2D eigenvalue weighted by atomic mass is 32.2. The van der Waals surface area contributed by atoms with E-state index >= 15 is 0 Å². The van der Waals surface area contributed by atoms with E-state index in [2.05, 4.69) is 16.9 Å². The SMILES string of the molecule is CCCc1nc(N)cc(N2CCS(=O)(=O)CC2C)n1. The van der Waals surface area contributed by atoms with Gasteiger partial charge in [-0.15, -0.1) is 0 Å². The minimum absolute atomic E-state index is 0.0810. The zero-order valence-electron chi connectivity index (χ0n) is 11.3. The number of hydrogen-bond acceptors (Lipinski definition) is 6. The zero-order valence-corrected chi connectivity index (χ0v) is 12.2. The summed E-state index contributed by atoms with van der Waals surface area (Å²) in [6.07, 6.45) is 1.73. The molecule has 0 radical (unpaired) electrons. The smallest absolute Gasteiger partial charge is 0.154 e. The second-order valence-corrected chi connectivity index (χ2v) is 7.20. The molecule has 2 rings (SSSR count). The Balaban J connectivity index is 2.26. The second kappa shape index (κ2) is 5.32. The zero-order chi connectivity index (χ0) is 14.0. The van der Waals surface area contributed by atoms with E-state index in [0.29, 0.717) is 12.4 Å². The summed E-state index contributed by atoms with van der Waals surface area (Å²) in [5, 5.41) is 0. The van der Waals surface area contributed by atoms with Gasteiger partial charge in [0, 0.05) is 25.1 Å². The largest absolute Gasteiger partial charge is 0.384 e. The molecule has 19 heavy (non-hydrogen) atoms. The van der Waals surface area contributed by atoms with Crippen LogP contribution < -0.4 is 10.6 Å². The Hall–Kier alpha value is -1.37.